The van der Waals surface area contributed by atoms with E-state index in [1.54, 1.807) is 0 Å². The molecule has 5 heteroatoms. The molecule has 188 valence electrons. The van der Waals surface area contributed by atoms with Gasteiger partial charge in [-0.25, -0.2) is 0 Å². The molecule has 1 aromatic rings. The quantitative estimate of drug-likeness (QED) is 0.274. The summed E-state index contributed by atoms with van der Waals surface area (Å²) >= 11 is 0. The topological polar surface area (TPSA) is 79.2 Å². The molecule has 0 radical (unpaired) electrons. The van der Waals surface area contributed by atoms with Gasteiger partial charge in [0.15, 0.2) is 0 Å². The van der Waals surface area contributed by atoms with Gasteiger partial charge in [-0.2, -0.15) is 0 Å². The van der Waals surface area contributed by atoms with E-state index in [0.717, 1.165) is 71.4 Å². The Morgan fingerprint density at radius 1 is 0.886 bits per heavy atom. The van der Waals surface area contributed by atoms with Gasteiger partial charge in [0.05, 0.1) is 0 Å². The van der Waals surface area contributed by atoms with Crippen molar-refractivity contribution in [3.05, 3.63) is 75.9 Å². The summed E-state index contributed by atoms with van der Waals surface area (Å²) in [6, 6.07) is 4.59. The molecule has 1 aromatic carbocycles. The van der Waals surface area contributed by atoms with Crippen molar-refractivity contribution in [1.29, 1.82) is 0 Å². The van der Waals surface area contributed by atoms with Gasteiger partial charge in [-0.05, 0) is 111 Å². The molecule has 0 spiro atoms. The fourth-order valence-corrected chi connectivity index (χ4v) is 5.34. The van der Waals surface area contributed by atoms with Crippen LogP contribution in [0.25, 0.3) is 6.08 Å². The lowest BCUT2D eigenvalue weighted by molar-refractivity contribution is -0.121. The van der Waals surface area contributed by atoms with E-state index in [4.69, 9.17) is 5.73 Å². The van der Waals surface area contributed by atoms with E-state index >= 15 is 0 Å². The molecular formula is C30H42N4O. The van der Waals surface area contributed by atoms with Gasteiger partial charge in [-0.1, -0.05) is 48.6 Å². The molecule has 0 fully saturated rings. The molecule has 0 heterocycles. The summed E-state index contributed by atoms with van der Waals surface area (Å²) in [6.07, 6.45) is 21.5. The van der Waals surface area contributed by atoms with Crippen LogP contribution in [-0.4, -0.2) is 45.2 Å². The Bertz CT molecular complexity index is 988. The summed E-state index contributed by atoms with van der Waals surface area (Å²) in [7, 11) is 0. The number of nitrogens with one attached hydrogen (secondary N) is 3. The standard InChI is InChI=1S/C30H42N4O/c31-17-5-20-32-18-1-2-19-33-21-6-22-34-28(35)10-4-7-23-11-12-26-14-13-24-8-3-9-25-15-16-27(23)30(26)29(24)25/h3,8-9,11-13,15-16,29,32-33H,1-2,4-7,10,14,17-22,31H2,(H,34,35). The van der Waals surface area contributed by atoms with Gasteiger partial charge in [-0.15, -0.1) is 0 Å². The molecule has 5 N–H and O–H groups in total. The van der Waals surface area contributed by atoms with Gasteiger partial charge in [0, 0.05) is 18.9 Å². The highest BCUT2D eigenvalue weighted by molar-refractivity contribution is 5.76. The summed E-state index contributed by atoms with van der Waals surface area (Å²) in [5.74, 6) is 0.571. The van der Waals surface area contributed by atoms with E-state index in [-0.39, 0.29) is 5.91 Å². The third-order valence-corrected chi connectivity index (χ3v) is 7.22. The van der Waals surface area contributed by atoms with E-state index < -0.39 is 0 Å². The first-order valence-electron chi connectivity index (χ1n) is 13.6. The van der Waals surface area contributed by atoms with E-state index in [0.29, 0.717) is 12.3 Å². The number of aryl methyl sites for hydroxylation is 1. The first kappa shape index (κ1) is 25.6. The molecule has 3 aliphatic rings. The minimum Gasteiger partial charge on any atom is -0.356 e. The monoisotopic (exact) mass is 474 g/mol. The lowest BCUT2D eigenvalue weighted by atomic mass is 9.70. The van der Waals surface area contributed by atoms with Crippen LogP contribution < -0.4 is 21.7 Å². The van der Waals surface area contributed by atoms with E-state index in [2.05, 4.69) is 64.5 Å². The van der Waals surface area contributed by atoms with Gasteiger partial charge < -0.3 is 21.7 Å². The molecule has 1 unspecified atom stereocenters. The fourth-order valence-electron chi connectivity index (χ4n) is 5.34. The minimum atomic E-state index is 0.170. The zero-order valence-electron chi connectivity index (χ0n) is 21.1. The van der Waals surface area contributed by atoms with Crippen molar-refractivity contribution in [2.75, 3.05) is 39.3 Å². The molecule has 0 saturated heterocycles. The van der Waals surface area contributed by atoms with E-state index in [9.17, 15) is 4.79 Å². The number of unbranched alkanes of at least 4 members (excludes halogenated alkanes) is 1. The highest BCUT2D eigenvalue weighted by Crippen LogP contribution is 2.46. The third-order valence-electron chi connectivity index (χ3n) is 7.22. The second kappa shape index (κ2) is 13.6. The zero-order valence-corrected chi connectivity index (χ0v) is 21.1. The number of hydrogen-bond donors (Lipinski definition) is 4. The predicted molar refractivity (Wildman–Crippen MR) is 146 cm³/mol. The lowest BCUT2D eigenvalue weighted by Gasteiger charge is -2.34. The fraction of sp³-hybridized carbons (Fsp3) is 0.500. The van der Waals surface area contributed by atoms with Crippen molar-refractivity contribution < 1.29 is 4.79 Å². The maximum Gasteiger partial charge on any atom is 0.220 e. The van der Waals surface area contributed by atoms with Crippen LogP contribution in [0.1, 0.15) is 66.7 Å². The van der Waals surface area contributed by atoms with Crippen LogP contribution in [0.3, 0.4) is 0 Å². The van der Waals surface area contributed by atoms with Crippen LogP contribution in [0, 0.1) is 0 Å². The lowest BCUT2D eigenvalue weighted by Crippen LogP contribution is -2.27. The van der Waals surface area contributed by atoms with E-state index in [1.165, 1.54) is 46.2 Å². The van der Waals surface area contributed by atoms with Crippen molar-refractivity contribution in [1.82, 2.24) is 16.0 Å². The Morgan fingerprint density at radius 3 is 2.51 bits per heavy atom. The van der Waals surface area contributed by atoms with E-state index in [1.807, 2.05) is 0 Å². The van der Waals surface area contributed by atoms with Gasteiger partial charge in [0.1, 0.15) is 0 Å². The number of amides is 1. The highest BCUT2D eigenvalue weighted by Gasteiger charge is 2.30. The molecule has 0 aromatic heterocycles. The summed E-state index contributed by atoms with van der Waals surface area (Å²) < 4.78 is 0. The number of nitrogens with two attached hydrogens (primary N) is 1. The number of carbonyl (C=O) groups is 1. The normalized spacial score (nSPS) is 17.1. The summed E-state index contributed by atoms with van der Waals surface area (Å²) in [5, 5.41) is 9.96. The van der Waals surface area contributed by atoms with Gasteiger partial charge in [-0.3, -0.25) is 4.79 Å². The average Bonchev–Trinajstić information content (AvgIpc) is 2.88. The predicted octanol–water partition coefficient (Wildman–Crippen LogP) is 3.91. The van der Waals surface area contributed by atoms with Crippen LogP contribution in [0.4, 0.5) is 0 Å². The number of rotatable bonds is 16. The molecule has 4 rings (SSSR count). The Labute approximate surface area is 211 Å². The number of benzene rings is 1. The van der Waals surface area contributed by atoms with Crippen molar-refractivity contribution >= 4 is 12.0 Å². The molecule has 0 saturated carbocycles. The van der Waals surface area contributed by atoms with Crippen LogP contribution >= 0.6 is 0 Å². The second-order valence-corrected chi connectivity index (χ2v) is 9.82. The Balaban J connectivity index is 1.10. The van der Waals surface area contributed by atoms with Gasteiger partial charge in [0.2, 0.25) is 5.91 Å². The zero-order chi connectivity index (χ0) is 24.3. The van der Waals surface area contributed by atoms with Crippen LogP contribution in [-0.2, 0) is 17.6 Å². The Hall–Kier alpha value is -2.47. The van der Waals surface area contributed by atoms with Crippen LogP contribution in [0.2, 0.25) is 0 Å². The largest absolute Gasteiger partial charge is 0.356 e. The molecular weight excluding hydrogens is 432 g/mol. The maximum absolute atomic E-state index is 12.3. The van der Waals surface area contributed by atoms with Gasteiger partial charge in [0.25, 0.3) is 0 Å². The van der Waals surface area contributed by atoms with Crippen LogP contribution in [0.5, 0.6) is 0 Å². The molecule has 3 aliphatic carbocycles. The number of hydrogen-bond acceptors (Lipinski definition) is 4. The first-order valence-corrected chi connectivity index (χ1v) is 13.6. The third kappa shape index (κ3) is 7.03. The smallest absolute Gasteiger partial charge is 0.220 e. The average molecular weight is 475 g/mol. The molecule has 5 nitrogen and oxygen atoms in total. The van der Waals surface area contributed by atoms with Crippen molar-refractivity contribution in [3.63, 3.8) is 0 Å². The molecule has 1 atom stereocenters. The molecule has 35 heavy (non-hydrogen) atoms. The Morgan fingerprint density at radius 2 is 1.69 bits per heavy atom. The molecule has 0 bridgehead atoms. The SMILES string of the molecule is NCCCNCCCCNCCCNC(=O)CCCc1ccc2c3c1C=CC1=CC=CC(=CC2)C13. The molecule has 0 aliphatic heterocycles. The summed E-state index contributed by atoms with van der Waals surface area (Å²) in [6.45, 7) is 5.58. The highest BCUT2D eigenvalue weighted by atomic mass is 16.1. The molecule has 1 amide bonds. The first-order chi connectivity index (χ1) is 17.3. The van der Waals surface area contributed by atoms with Gasteiger partial charge >= 0.3 is 0 Å². The van der Waals surface area contributed by atoms with Crippen molar-refractivity contribution in [2.24, 2.45) is 5.73 Å². The number of allylic oxidation sites excluding steroid dienone is 7. The summed E-state index contributed by atoms with van der Waals surface area (Å²) in [4.78, 5) is 12.3. The van der Waals surface area contributed by atoms with Crippen LogP contribution in [0.15, 0.2) is 53.7 Å². The number of carbonyl (C=O) groups excluding carboxylic acids is 1. The van der Waals surface area contributed by atoms with Crippen molar-refractivity contribution in [3.8, 4) is 0 Å². The Kier molecular flexibility index (Phi) is 9.94. The second-order valence-electron chi connectivity index (χ2n) is 9.82. The summed E-state index contributed by atoms with van der Waals surface area (Å²) in [5.41, 5.74) is 14.0. The maximum atomic E-state index is 12.3. The van der Waals surface area contributed by atoms with Crippen molar-refractivity contribution in [2.45, 2.75) is 57.3 Å². The minimum absolute atomic E-state index is 0.170.